The number of hydrogen-bond donors (Lipinski definition) is 2. The third kappa shape index (κ3) is 10.5. The molecular weight excluding hydrogens is 259 g/mol. The molecule has 6 nitrogen and oxygen atoms in total. The lowest BCUT2D eigenvalue weighted by molar-refractivity contribution is -0.139. The fourth-order valence-corrected chi connectivity index (χ4v) is 1.51. The molecule has 0 rings (SSSR count). The lowest BCUT2D eigenvalue weighted by atomic mass is 10.2. The van der Waals surface area contributed by atoms with E-state index in [9.17, 15) is 9.36 Å². The first-order valence-corrected chi connectivity index (χ1v) is 7.45. The highest BCUT2D eigenvalue weighted by Gasteiger charge is 2.15. The summed E-state index contributed by atoms with van der Waals surface area (Å²) in [5.41, 5.74) is 0.152. The topological polar surface area (TPSA) is 93.1 Å². The Labute approximate surface area is 107 Å². The maximum atomic E-state index is 11.4. The van der Waals surface area contributed by atoms with E-state index < -0.39 is 13.8 Å². The summed E-state index contributed by atoms with van der Waals surface area (Å²) in [5, 5.41) is 0. The van der Waals surface area contributed by atoms with Gasteiger partial charge in [0.1, 0.15) is 0 Å². The summed E-state index contributed by atoms with van der Waals surface area (Å²) >= 11 is 0. The van der Waals surface area contributed by atoms with E-state index in [0.29, 0.717) is 6.61 Å². The van der Waals surface area contributed by atoms with Crippen LogP contribution in [-0.2, 0) is 18.6 Å². The molecule has 0 heterocycles. The van der Waals surface area contributed by atoms with Crippen molar-refractivity contribution < 1.29 is 28.4 Å². The monoisotopic (exact) mass is 280 g/mol. The number of esters is 1. The van der Waals surface area contributed by atoms with Gasteiger partial charge in [-0.15, -0.1) is 0 Å². The summed E-state index contributed by atoms with van der Waals surface area (Å²) in [7, 11) is -4.48. The Morgan fingerprint density at radius 1 is 1.22 bits per heavy atom. The average Bonchev–Trinajstić information content (AvgIpc) is 2.26. The highest BCUT2D eigenvalue weighted by Crippen LogP contribution is 2.35. The van der Waals surface area contributed by atoms with Gasteiger partial charge < -0.3 is 14.5 Å². The van der Waals surface area contributed by atoms with E-state index in [1.54, 1.807) is 0 Å². The van der Waals surface area contributed by atoms with Crippen LogP contribution in [-0.4, -0.2) is 29.0 Å². The molecule has 106 valence electrons. The van der Waals surface area contributed by atoms with Crippen LogP contribution in [0, 0.1) is 0 Å². The zero-order chi connectivity index (χ0) is 14.0. The Morgan fingerprint density at radius 2 is 1.89 bits per heavy atom. The number of phosphoric acid groups is 1. The predicted molar refractivity (Wildman–Crippen MR) is 66.9 cm³/mol. The van der Waals surface area contributed by atoms with Crippen molar-refractivity contribution in [2.75, 3.05) is 13.2 Å². The highest BCUT2D eigenvalue weighted by molar-refractivity contribution is 7.46. The first-order valence-electron chi connectivity index (χ1n) is 5.91. The molecule has 18 heavy (non-hydrogen) atoms. The Morgan fingerprint density at radius 3 is 2.44 bits per heavy atom. The van der Waals surface area contributed by atoms with Gasteiger partial charge in [-0.3, -0.25) is 4.52 Å². The molecule has 0 aromatic rings. The van der Waals surface area contributed by atoms with Crippen molar-refractivity contribution in [3.8, 4) is 0 Å². The van der Waals surface area contributed by atoms with Crippen LogP contribution >= 0.6 is 7.82 Å². The highest BCUT2D eigenvalue weighted by atomic mass is 31.2. The first kappa shape index (κ1) is 17.3. The van der Waals surface area contributed by atoms with E-state index in [1.807, 2.05) is 0 Å². The molecule has 0 spiro atoms. The smallest absolute Gasteiger partial charge is 0.462 e. The second-order valence-electron chi connectivity index (χ2n) is 3.87. The molecule has 0 aliphatic carbocycles. The van der Waals surface area contributed by atoms with Crippen LogP contribution in [0.3, 0.4) is 0 Å². The molecule has 0 aliphatic heterocycles. The molecule has 0 amide bonds. The zero-order valence-electron chi connectivity index (χ0n) is 10.6. The van der Waals surface area contributed by atoms with Gasteiger partial charge in [0.25, 0.3) is 0 Å². The van der Waals surface area contributed by atoms with Crippen LogP contribution in [0.1, 0.15) is 39.0 Å². The minimum atomic E-state index is -4.48. The Hall–Kier alpha value is -0.680. The van der Waals surface area contributed by atoms with E-state index in [1.165, 1.54) is 0 Å². The Kier molecular flexibility index (Phi) is 8.93. The van der Waals surface area contributed by atoms with Gasteiger partial charge in [-0.1, -0.05) is 32.8 Å². The minimum Gasteiger partial charge on any atom is -0.462 e. The average molecular weight is 280 g/mol. The van der Waals surface area contributed by atoms with Crippen LogP contribution < -0.4 is 0 Å². The van der Waals surface area contributed by atoms with Crippen LogP contribution in [0.25, 0.3) is 0 Å². The van der Waals surface area contributed by atoms with Crippen molar-refractivity contribution in [3.63, 3.8) is 0 Å². The molecule has 0 aromatic heterocycles. The molecule has 0 saturated carbocycles. The lowest BCUT2D eigenvalue weighted by Crippen LogP contribution is -2.10. The number of phosphoric ester groups is 1. The van der Waals surface area contributed by atoms with Crippen molar-refractivity contribution in [1.82, 2.24) is 0 Å². The number of carbonyl (C=O) groups excluding carboxylic acids is 1. The summed E-state index contributed by atoms with van der Waals surface area (Å²) in [4.78, 5) is 28.2. The van der Waals surface area contributed by atoms with Crippen LogP contribution in [0.2, 0.25) is 0 Å². The van der Waals surface area contributed by atoms with Crippen molar-refractivity contribution in [2.24, 2.45) is 0 Å². The van der Waals surface area contributed by atoms with Crippen molar-refractivity contribution in [2.45, 2.75) is 39.0 Å². The molecule has 0 aromatic carbocycles. The van der Waals surface area contributed by atoms with Crippen LogP contribution in [0.15, 0.2) is 12.2 Å². The van der Waals surface area contributed by atoms with Crippen molar-refractivity contribution >= 4 is 13.8 Å². The number of rotatable bonds is 10. The quantitative estimate of drug-likeness (QED) is 0.276. The number of unbranched alkanes of at least 4 members (excludes halogenated alkanes) is 3. The van der Waals surface area contributed by atoms with E-state index in [4.69, 9.17) is 14.5 Å². The van der Waals surface area contributed by atoms with Gasteiger partial charge in [0.05, 0.1) is 13.2 Å². The summed E-state index contributed by atoms with van der Waals surface area (Å²) < 4.78 is 19.5. The summed E-state index contributed by atoms with van der Waals surface area (Å²) in [6.07, 6.45) is 4.08. The molecule has 0 fully saturated rings. The van der Waals surface area contributed by atoms with E-state index >= 15 is 0 Å². The van der Waals surface area contributed by atoms with E-state index in [2.05, 4.69) is 18.0 Å². The SMILES string of the molecule is C=C(CCOP(=O)(O)O)C(=O)OCCCCCC. The van der Waals surface area contributed by atoms with Gasteiger partial charge in [0, 0.05) is 12.0 Å². The van der Waals surface area contributed by atoms with Crippen molar-refractivity contribution in [1.29, 1.82) is 0 Å². The molecule has 2 N–H and O–H groups in total. The number of carbonyl (C=O) groups is 1. The Bertz CT molecular complexity index is 309. The van der Waals surface area contributed by atoms with Gasteiger partial charge in [-0.2, -0.15) is 0 Å². The maximum absolute atomic E-state index is 11.4. The predicted octanol–water partition coefficient (Wildman–Crippen LogP) is 2.17. The largest absolute Gasteiger partial charge is 0.469 e. The summed E-state index contributed by atoms with van der Waals surface area (Å²) in [6.45, 7) is 5.66. The van der Waals surface area contributed by atoms with Gasteiger partial charge in [-0.25, -0.2) is 9.36 Å². The number of hydrogen-bond acceptors (Lipinski definition) is 4. The third-order valence-corrected chi connectivity index (χ3v) is 2.70. The van der Waals surface area contributed by atoms with E-state index in [-0.39, 0.29) is 18.6 Å². The van der Waals surface area contributed by atoms with Gasteiger partial charge >= 0.3 is 13.8 Å². The Balaban J connectivity index is 3.64. The van der Waals surface area contributed by atoms with Crippen molar-refractivity contribution in [3.05, 3.63) is 12.2 Å². The molecule has 0 atom stereocenters. The standard InChI is InChI=1S/C11H21O6P/c1-3-4-5-6-8-16-11(12)10(2)7-9-17-18(13,14)15/h2-9H2,1H3,(H2,13,14,15). The fourth-order valence-electron chi connectivity index (χ4n) is 1.19. The molecular formula is C11H21O6P. The minimum absolute atomic E-state index is 0.0406. The van der Waals surface area contributed by atoms with Crippen LogP contribution in [0.4, 0.5) is 0 Å². The number of ether oxygens (including phenoxy) is 1. The zero-order valence-corrected chi connectivity index (χ0v) is 11.5. The molecule has 0 unspecified atom stereocenters. The van der Waals surface area contributed by atoms with Crippen LogP contribution in [0.5, 0.6) is 0 Å². The molecule has 0 saturated heterocycles. The van der Waals surface area contributed by atoms with Gasteiger partial charge in [-0.05, 0) is 6.42 Å². The second kappa shape index (κ2) is 9.28. The second-order valence-corrected chi connectivity index (χ2v) is 5.11. The maximum Gasteiger partial charge on any atom is 0.469 e. The normalized spacial score (nSPS) is 11.3. The molecule has 0 aliphatic rings. The summed E-state index contributed by atoms with van der Waals surface area (Å²) in [5.74, 6) is -0.541. The summed E-state index contributed by atoms with van der Waals surface area (Å²) in [6, 6.07) is 0. The molecule has 0 bridgehead atoms. The fraction of sp³-hybridized carbons (Fsp3) is 0.727. The van der Waals surface area contributed by atoms with Gasteiger partial charge in [0.2, 0.25) is 0 Å². The lowest BCUT2D eigenvalue weighted by Gasteiger charge is -2.08. The molecule has 0 radical (unpaired) electrons. The molecule has 7 heteroatoms. The van der Waals surface area contributed by atoms with E-state index in [0.717, 1.165) is 25.7 Å². The first-order chi connectivity index (χ1) is 8.37. The third-order valence-electron chi connectivity index (χ3n) is 2.18. The van der Waals surface area contributed by atoms with Gasteiger partial charge in [0.15, 0.2) is 0 Å².